The number of rotatable bonds is 5. The van der Waals surface area contributed by atoms with Gasteiger partial charge in [0.25, 0.3) is 0 Å². The molecule has 0 bridgehead atoms. The lowest BCUT2D eigenvalue weighted by Crippen LogP contribution is -2.71. The van der Waals surface area contributed by atoms with Crippen LogP contribution in [0, 0.1) is 6.92 Å². The van der Waals surface area contributed by atoms with Crippen LogP contribution in [0.5, 0.6) is 0 Å². The molecule has 0 spiro atoms. The van der Waals surface area contributed by atoms with E-state index in [0.717, 1.165) is 11.3 Å². The van der Waals surface area contributed by atoms with Crippen molar-refractivity contribution in [3.63, 3.8) is 0 Å². The number of ether oxygens (including phenoxy) is 1. The first-order valence-electron chi connectivity index (χ1n) is 8.19. The van der Waals surface area contributed by atoms with Crippen molar-refractivity contribution >= 4 is 44.7 Å². The zero-order valence-corrected chi connectivity index (χ0v) is 17.7. The van der Waals surface area contributed by atoms with Crippen molar-refractivity contribution in [2.24, 2.45) is 0 Å². The minimum absolute atomic E-state index is 0.207. The minimum Gasteiger partial charge on any atom is -0.444 e. The fraction of sp³-hybridized carbons (Fsp3) is 0.600. The molecule has 2 heterocycles. The standard InChI is InChI=1S/C15H22N4O7S2/c1-8-9(16-12(27-8)17-13(22)26-14(2,3)4)6-10(20)18-15(5)7-11(21)19(15)28(23,24)25/h6-7H2,1-5H3,(H,18,20)(H,16,17,22)(H,23,24,25). The summed E-state index contributed by atoms with van der Waals surface area (Å²) in [6.07, 6.45) is -1.15. The average molecular weight is 434 g/mol. The maximum Gasteiger partial charge on any atom is 0.413 e. The number of hydrogen-bond acceptors (Lipinski definition) is 8. The highest BCUT2D eigenvalue weighted by Crippen LogP contribution is 2.32. The van der Waals surface area contributed by atoms with Gasteiger partial charge in [0, 0.05) is 4.88 Å². The molecule has 2 rings (SSSR count). The second kappa shape index (κ2) is 7.29. The molecule has 1 aromatic rings. The van der Waals surface area contributed by atoms with Gasteiger partial charge in [-0.2, -0.15) is 12.7 Å². The summed E-state index contributed by atoms with van der Waals surface area (Å²) in [5, 5.41) is 5.15. The number of amides is 3. The van der Waals surface area contributed by atoms with Crippen LogP contribution in [-0.4, -0.2) is 51.4 Å². The third-order valence-corrected chi connectivity index (χ3v) is 5.63. The quantitative estimate of drug-likeness (QED) is 0.461. The Labute approximate surface area is 166 Å². The topological polar surface area (TPSA) is 155 Å². The summed E-state index contributed by atoms with van der Waals surface area (Å²) >= 11 is 1.15. The lowest BCUT2D eigenvalue weighted by atomic mass is 9.99. The molecule has 1 aromatic heterocycles. The van der Waals surface area contributed by atoms with Crippen LogP contribution in [0.4, 0.5) is 9.93 Å². The number of aromatic nitrogens is 1. The van der Waals surface area contributed by atoms with Crippen LogP contribution in [0.1, 0.15) is 44.7 Å². The lowest BCUT2D eigenvalue weighted by Gasteiger charge is -2.46. The van der Waals surface area contributed by atoms with Crippen molar-refractivity contribution in [3.05, 3.63) is 10.6 Å². The van der Waals surface area contributed by atoms with Crippen molar-refractivity contribution in [1.82, 2.24) is 14.6 Å². The zero-order chi connectivity index (χ0) is 21.5. The van der Waals surface area contributed by atoms with Gasteiger partial charge >= 0.3 is 16.4 Å². The third kappa shape index (κ3) is 5.17. The highest BCUT2D eigenvalue weighted by Gasteiger charge is 2.54. The van der Waals surface area contributed by atoms with E-state index >= 15 is 0 Å². The second-order valence-electron chi connectivity index (χ2n) is 7.46. The molecule has 1 atom stereocenters. The summed E-state index contributed by atoms with van der Waals surface area (Å²) in [5.41, 5.74) is -1.84. The SMILES string of the molecule is Cc1sc(NC(=O)OC(C)(C)C)nc1CC(=O)NC1(C)CC(=O)N1S(=O)(=O)O. The molecule has 1 aliphatic rings. The average Bonchev–Trinajstić information content (AvgIpc) is 2.72. The third-order valence-electron chi connectivity index (χ3n) is 3.64. The molecule has 156 valence electrons. The monoisotopic (exact) mass is 434 g/mol. The summed E-state index contributed by atoms with van der Waals surface area (Å²) in [6.45, 7) is 8.17. The molecule has 1 fully saturated rings. The number of β-lactam (4-membered cyclic amide) rings is 1. The Morgan fingerprint density at radius 1 is 1.39 bits per heavy atom. The molecule has 13 heteroatoms. The van der Waals surface area contributed by atoms with E-state index < -0.39 is 39.5 Å². The van der Waals surface area contributed by atoms with Gasteiger partial charge in [-0.3, -0.25) is 19.5 Å². The molecule has 3 N–H and O–H groups in total. The largest absolute Gasteiger partial charge is 0.444 e. The molecule has 0 radical (unpaired) electrons. The van der Waals surface area contributed by atoms with Gasteiger partial charge in [-0.05, 0) is 34.6 Å². The van der Waals surface area contributed by atoms with Crippen LogP contribution >= 0.6 is 11.3 Å². The number of aryl methyl sites for hydroxylation is 1. The molecule has 0 aliphatic carbocycles. The van der Waals surface area contributed by atoms with Crippen molar-refractivity contribution in [2.75, 3.05) is 5.32 Å². The summed E-state index contributed by atoms with van der Waals surface area (Å²) in [6, 6.07) is 0. The number of anilines is 1. The van der Waals surface area contributed by atoms with Gasteiger partial charge in [-0.1, -0.05) is 0 Å². The van der Waals surface area contributed by atoms with E-state index in [-0.39, 0.29) is 22.3 Å². The second-order valence-corrected chi connectivity index (χ2v) is 9.92. The predicted octanol–water partition coefficient (Wildman–Crippen LogP) is 1.21. The number of nitrogens with one attached hydrogen (secondary N) is 2. The van der Waals surface area contributed by atoms with Gasteiger partial charge in [-0.15, -0.1) is 11.3 Å². The highest BCUT2D eigenvalue weighted by atomic mass is 32.2. The molecule has 0 saturated carbocycles. The Balaban J connectivity index is 2.02. The first-order chi connectivity index (χ1) is 12.6. The fourth-order valence-electron chi connectivity index (χ4n) is 2.63. The van der Waals surface area contributed by atoms with E-state index in [9.17, 15) is 22.8 Å². The Hall–Kier alpha value is -2.25. The van der Waals surface area contributed by atoms with Crippen LogP contribution < -0.4 is 10.6 Å². The van der Waals surface area contributed by atoms with Crippen LogP contribution in [0.25, 0.3) is 0 Å². The Morgan fingerprint density at radius 2 is 2.00 bits per heavy atom. The zero-order valence-electron chi connectivity index (χ0n) is 16.0. The van der Waals surface area contributed by atoms with E-state index in [1.807, 2.05) is 0 Å². The Morgan fingerprint density at radius 3 is 2.50 bits per heavy atom. The van der Waals surface area contributed by atoms with Gasteiger partial charge in [0.2, 0.25) is 11.8 Å². The van der Waals surface area contributed by atoms with Crippen LogP contribution in [-0.2, 0) is 31.1 Å². The lowest BCUT2D eigenvalue weighted by molar-refractivity contribution is -0.149. The molecular weight excluding hydrogens is 412 g/mol. The summed E-state index contributed by atoms with van der Waals surface area (Å²) in [7, 11) is -4.78. The highest BCUT2D eigenvalue weighted by molar-refractivity contribution is 7.84. The van der Waals surface area contributed by atoms with Crippen molar-refractivity contribution < 1.29 is 32.1 Å². The maximum atomic E-state index is 12.3. The molecule has 11 nitrogen and oxygen atoms in total. The van der Waals surface area contributed by atoms with Gasteiger partial charge in [0.1, 0.15) is 11.3 Å². The van der Waals surface area contributed by atoms with Crippen LogP contribution in [0.15, 0.2) is 0 Å². The molecule has 1 unspecified atom stereocenters. The van der Waals surface area contributed by atoms with Crippen molar-refractivity contribution in [3.8, 4) is 0 Å². The van der Waals surface area contributed by atoms with E-state index in [1.165, 1.54) is 6.92 Å². The van der Waals surface area contributed by atoms with Gasteiger partial charge < -0.3 is 10.1 Å². The number of nitrogens with zero attached hydrogens (tertiary/aromatic N) is 2. The van der Waals surface area contributed by atoms with E-state index in [0.29, 0.717) is 10.6 Å². The molecule has 0 aromatic carbocycles. The predicted molar refractivity (Wildman–Crippen MR) is 100.0 cm³/mol. The normalized spacial score (nSPS) is 19.8. The summed E-state index contributed by atoms with van der Waals surface area (Å²) < 4.78 is 37.0. The number of carbonyl (C=O) groups is 3. The fourth-order valence-corrected chi connectivity index (χ4v) is 4.39. The van der Waals surface area contributed by atoms with Crippen molar-refractivity contribution in [2.45, 2.75) is 58.7 Å². The van der Waals surface area contributed by atoms with E-state index in [1.54, 1.807) is 27.7 Å². The number of carbonyl (C=O) groups excluding carboxylic acids is 3. The number of hydrogen-bond donors (Lipinski definition) is 3. The van der Waals surface area contributed by atoms with E-state index in [4.69, 9.17) is 9.29 Å². The molecule has 1 aliphatic heterocycles. The van der Waals surface area contributed by atoms with Crippen LogP contribution in [0.2, 0.25) is 0 Å². The Bertz CT molecular complexity index is 919. The van der Waals surface area contributed by atoms with Gasteiger partial charge in [0.05, 0.1) is 18.5 Å². The summed E-state index contributed by atoms with van der Waals surface area (Å²) in [4.78, 5) is 40.4. The smallest absolute Gasteiger partial charge is 0.413 e. The Kier molecular flexibility index (Phi) is 5.74. The molecule has 28 heavy (non-hydrogen) atoms. The molecule has 3 amide bonds. The first-order valence-corrected chi connectivity index (χ1v) is 10.4. The minimum atomic E-state index is -4.78. The van der Waals surface area contributed by atoms with E-state index in [2.05, 4.69) is 15.6 Å². The first kappa shape index (κ1) is 22.0. The van der Waals surface area contributed by atoms with Crippen LogP contribution in [0.3, 0.4) is 0 Å². The molecule has 1 saturated heterocycles. The van der Waals surface area contributed by atoms with Gasteiger partial charge in [-0.25, -0.2) is 9.78 Å². The van der Waals surface area contributed by atoms with Gasteiger partial charge in [0.15, 0.2) is 5.13 Å². The molecular formula is C15H22N4O7S2. The summed E-state index contributed by atoms with van der Waals surface area (Å²) in [5.74, 6) is -1.42. The number of thiazole rings is 1. The van der Waals surface area contributed by atoms with Crippen molar-refractivity contribution in [1.29, 1.82) is 0 Å². The maximum absolute atomic E-state index is 12.3.